The molecule has 2 aromatic carbocycles. The molecule has 2 fully saturated rings. The fourth-order valence-corrected chi connectivity index (χ4v) is 4.13. The van der Waals surface area contributed by atoms with Gasteiger partial charge in [-0.25, -0.2) is 9.18 Å². The lowest BCUT2D eigenvalue weighted by Gasteiger charge is -2.55. The fourth-order valence-electron chi connectivity index (χ4n) is 4.13. The van der Waals surface area contributed by atoms with Crippen LogP contribution < -0.4 is 4.90 Å². The Labute approximate surface area is 187 Å². The second-order valence-corrected chi connectivity index (χ2v) is 8.61. The summed E-state index contributed by atoms with van der Waals surface area (Å²) in [5.41, 5.74) is 2.14. The molecule has 172 valence electrons. The Kier molecular flexibility index (Phi) is 5.32. The van der Waals surface area contributed by atoms with E-state index in [2.05, 4.69) is 10.2 Å². The van der Waals surface area contributed by atoms with Crippen LogP contribution in [0.25, 0.3) is 11.5 Å². The van der Waals surface area contributed by atoms with E-state index in [1.165, 1.54) is 12.1 Å². The number of aromatic nitrogens is 2. The Morgan fingerprint density at radius 1 is 1.18 bits per heavy atom. The third kappa shape index (κ3) is 4.06. The van der Waals surface area contributed by atoms with Crippen molar-refractivity contribution in [3.8, 4) is 11.5 Å². The smallest absolute Gasteiger partial charge is 0.324 e. The minimum absolute atomic E-state index is 0.000513. The zero-order chi connectivity index (χ0) is 23.2. The van der Waals surface area contributed by atoms with Gasteiger partial charge in [0.2, 0.25) is 5.89 Å². The van der Waals surface area contributed by atoms with Gasteiger partial charge in [0.25, 0.3) is 5.89 Å². The Bertz CT molecular complexity index is 1190. The van der Waals surface area contributed by atoms with Gasteiger partial charge >= 0.3 is 12.5 Å². The van der Waals surface area contributed by atoms with Gasteiger partial charge in [0.05, 0.1) is 25.2 Å². The molecule has 2 saturated heterocycles. The summed E-state index contributed by atoms with van der Waals surface area (Å²) in [6.45, 7) is 4.45. The van der Waals surface area contributed by atoms with Gasteiger partial charge in [-0.05, 0) is 36.8 Å². The van der Waals surface area contributed by atoms with Gasteiger partial charge < -0.3 is 14.1 Å². The largest absolute Gasteiger partial charge is 0.415 e. The Morgan fingerprint density at radius 3 is 2.58 bits per heavy atom. The van der Waals surface area contributed by atoms with E-state index in [1.54, 1.807) is 9.80 Å². The molecule has 0 unspecified atom stereocenters. The first-order valence-corrected chi connectivity index (χ1v) is 10.4. The molecule has 7 nitrogen and oxygen atoms in total. The van der Waals surface area contributed by atoms with Crippen molar-refractivity contribution < 1.29 is 27.1 Å². The van der Waals surface area contributed by atoms with Crippen LogP contribution in [-0.2, 0) is 11.3 Å². The molecule has 0 radical (unpaired) electrons. The molecule has 3 heterocycles. The number of hydrogen-bond acceptors (Lipinski definition) is 5. The number of amides is 2. The number of likely N-dealkylation sites (tertiary alicyclic amines) is 1. The maximum atomic E-state index is 15.0. The highest BCUT2D eigenvalue weighted by molar-refractivity contribution is 5.92. The van der Waals surface area contributed by atoms with E-state index in [1.807, 2.05) is 31.2 Å². The predicted molar refractivity (Wildman–Crippen MR) is 112 cm³/mol. The minimum atomic E-state index is -2.91. The standard InChI is InChI=1S/C23H21F3N4O3/c1-14-3-2-4-17(7-14)30(22(31)29-10-23(11-29)12-32-13-23)9-16-6-5-15(8-18(16)24)20-27-28-21(33-20)19(25)26/h2-8,19H,9-13H2,1H3. The van der Waals surface area contributed by atoms with Gasteiger partial charge in [0.15, 0.2) is 0 Å². The Morgan fingerprint density at radius 2 is 1.97 bits per heavy atom. The van der Waals surface area contributed by atoms with Crippen molar-refractivity contribution in [2.45, 2.75) is 19.9 Å². The average Bonchev–Trinajstić information content (AvgIpc) is 3.21. The van der Waals surface area contributed by atoms with Crippen LogP contribution in [0.4, 0.5) is 23.7 Å². The number of nitrogens with zero attached hydrogens (tertiary/aromatic N) is 4. The van der Waals surface area contributed by atoms with Crippen LogP contribution in [-0.4, -0.2) is 47.4 Å². The lowest BCUT2D eigenvalue weighted by Crippen LogP contribution is -2.68. The molecule has 1 aromatic heterocycles. The van der Waals surface area contributed by atoms with Gasteiger partial charge in [0, 0.05) is 29.9 Å². The van der Waals surface area contributed by atoms with E-state index in [0.29, 0.717) is 32.0 Å². The quantitative estimate of drug-likeness (QED) is 0.560. The highest BCUT2D eigenvalue weighted by Crippen LogP contribution is 2.38. The third-order valence-electron chi connectivity index (χ3n) is 5.94. The normalized spacial score (nSPS) is 16.6. The van der Waals surface area contributed by atoms with Crippen molar-refractivity contribution in [2.75, 3.05) is 31.2 Å². The zero-order valence-corrected chi connectivity index (χ0v) is 17.8. The molecule has 2 amide bonds. The molecule has 2 aliphatic heterocycles. The van der Waals surface area contributed by atoms with E-state index in [9.17, 15) is 18.0 Å². The fraction of sp³-hybridized carbons (Fsp3) is 0.348. The number of alkyl halides is 2. The minimum Gasteiger partial charge on any atom is -0.415 e. The van der Waals surface area contributed by atoms with Gasteiger partial charge in [-0.1, -0.05) is 18.2 Å². The second kappa shape index (κ2) is 8.18. The van der Waals surface area contributed by atoms with Crippen LogP contribution in [0.1, 0.15) is 23.4 Å². The SMILES string of the molecule is Cc1cccc(N(Cc2ccc(-c3nnc(C(F)F)o3)cc2F)C(=O)N2CC3(COC3)C2)c1. The Hall–Kier alpha value is -3.40. The molecule has 0 N–H and O–H groups in total. The number of rotatable bonds is 5. The van der Waals surface area contributed by atoms with E-state index < -0.39 is 18.1 Å². The van der Waals surface area contributed by atoms with Crippen LogP contribution in [0.3, 0.4) is 0 Å². The molecule has 2 aliphatic rings. The first-order chi connectivity index (χ1) is 15.8. The molecule has 10 heteroatoms. The summed E-state index contributed by atoms with van der Waals surface area (Å²) in [4.78, 5) is 16.6. The summed E-state index contributed by atoms with van der Waals surface area (Å²) < 4.78 is 50.6. The molecule has 5 rings (SSSR count). The number of carbonyl (C=O) groups excluding carboxylic acids is 1. The third-order valence-corrected chi connectivity index (χ3v) is 5.94. The lowest BCUT2D eigenvalue weighted by molar-refractivity contribution is -0.174. The molecule has 0 bridgehead atoms. The van der Waals surface area contributed by atoms with Crippen molar-refractivity contribution in [3.63, 3.8) is 0 Å². The zero-order valence-electron chi connectivity index (χ0n) is 17.8. The summed E-state index contributed by atoms with van der Waals surface area (Å²) in [5, 5.41) is 6.82. The maximum absolute atomic E-state index is 15.0. The van der Waals surface area contributed by atoms with Crippen LogP contribution in [0.5, 0.6) is 0 Å². The molecule has 0 atom stereocenters. The van der Waals surface area contributed by atoms with Crippen molar-refractivity contribution in [1.82, 2.24) is 15.1 Å². The number of aryl methyl sites for hydroxylation is 1. The molecule has 3 aromatic rings. The maximum Gasteiger partial charge on any atom is 0.324 e. The van der Waals surface area contributed by atoms with Gasteiger partial charge in [0.1, 0.15) is 5.82 Å². The van der Waals surface area contributed by atoms with Gasteiger partial charge in [-0.2, -0.15) is 8.78 Å². The molecule has 0 aliphatic carbocycles. The first kappa shape index (κ1) is 21.4. The summed E-state index contributed by atoms with van der Waals surface area (Å²) in [6, 6.07) is 11.4. The number of benzene rings is 2. The van der Waals surface area contributed by atoms with Crippen molar-refractivity contribution >= 4 is 11.7 Å². The van der Waals surface area contributed by atoms with Crippen LogP contribution in [0.2, 0.25) is 0 Å². The topological polar surface area (TPSA) is 71.7 Å². The number of urea groups is 1. The summed E-state index contributed by atoms with van der Waals surface area (Å²) in [7, 11) is 0. The average molecular weight is 458 g/mol. The second-order valence-electron chi connectivity index (χ2n) is 8.61. The van der Waals surface area contributed by atoms with Crippen molar-refractivity contribution in [3.05, 3.63) is 65.3 Å². The van der Waals surface area contributed by atoms with Gasteiger partial charge in [-0.3, -0.25) is 4.90 Å². The van der Waals surface area contributed by atoms with Crippen molar-refractivity contribution in [2.24, 2.45) is 5.41 Å². The number of ether oxygens (including phenoxy) is 1. The molecular formula is C23H21F3N4O3. The van der Waals surface area contributed by atoms with Crippen LogP contribution >= 0.6 is 0 Å². The van der Waals surface area contributed by atoms with Crippen LogP contribution in [0, 0.1) is 18.2 Å². The highest BCUT2D eigenvalue weighted by atomic mass is 19.3. The molecular weight excluding hydrogens is 437 g/mol. The summed E-state index contributed by atoms with van der Waals surface area (Å²) in [5.74, 6) is -1.63. The van der Waals surface area contributed by atoms with Crippen LogP contribution in [0.15, 0.2) is 46.9 Å². The first-order valence-electron chi connectivity index (χ1n) is 10.4. The van der Waals surface area contributed by atoms with E-state index in [0.717, 1.165) is 11.6 Å². The highest BCUT2D eigenvalue weighted by Gasteiger charge is 2.51. The number of carbonyl (C=O) groups is 1. The van der Waals surface area contributed by atoms with Crippen molar-refractivity contribution in [1.29, 1.82) is 0 Å². The molecule has 33 heavy (non-hydrogen) atoms. The number of hydrogen-bond donors (Lipinski definition) is 0. The molecule has 0 saturated carbocycles. The molecule has 1 spiro atoms. The number of anilines is 1. The van der Waals surface area contributed by atoms with E-state index in [4.69, 9.17) is 9.15 Å². The van der Waals surface area contributed by atoms with E-state index in [-0.39, 0.29) is 35.0 Å². The monoisotopic (exact) mass is 458 g/mol. The number of halogens is 3. The lowest BCUT2D eigenvalue weighted by atomic mass is 9.78. The van der Waals surface area contributed by atoms with Gasteiger partial charge in [-0.15, -0.1) is 10.2 Å². The van der Waals surface area contributed by atoms with E-state index >= 15 is 0 Å². The summed E-state index contributed by atoms with van der Waals surface area (Å²) >= 11 is 0. The Balaban J connectivity index is 1.39. The predicted octanol–water partition coefficient (Wildman–Crippen LogP) is 4.58. The summed E-state index contributed by atoms with van der Waals surface area (Å²) in [6.07, 6.45) is -2.91.